The number of pyridine rings is 1. The Morgan fingerprint density at radius 1 is 1.24 bits per heavy atom. The summed E-state index contributed by atoms with van der Waals surface area (Å²) in [5, 5.41) is 8.40. The highest BCUT2D eigenvalue weighted by atomic mass is 35.5. The van der Waals surface area contributed by atoms with Gasteiger partial charge < -0.3 is 0 Å². The topological polar surface area (TPSA) is 82.7 Å². The van der Waals surface area contributed by atoms with Crippen molar-refractivity contribution in [3.8, 4) is 16.9 Å². The standard InChI is InChI=1S/C12H10ClN5O2S/c1-21(19,20)18-6-4-11(15-18)10-8-17(16-12(10)13)9-3-2-5-14-7-9/h2-8H,1H3. The normalized spacial score (nSPS) is 11.7. The molecule has 0 aliphatic heterocycles. The maximum atomic E-state index is 11.4. The van der Waals surface area contributed by atoms with Crippen LogP contribution in [0.25, 0.3) is 16.9 Å². The van der Waals surface area contributed by atoms with Crippen LogP contribution in [-0.2, 0) is 10.0 Å². The number of rotatable bonds is 3. The largest absolute Gasteiger partial charge is 0.262 e. The van der Waals surface area contributed by atoms with E-state index in [2.05, 4.69) is 15.2 Å². The molecule has 3 rings (SSSR count). The molecule has 0 aromatic carbocycles. The summed E-state index contributed by atoms with van der Waals surface area (Å²) in [6.45, 7) is 0. The lowest BCUT2D eigenvalue weighted by atomic mass is 10.3. The molecule has 0 amide bonds. The van der Waals surface area contributed by atoms with E-state index in [-0.39, 0.29) is 5.15 Å². The van der Waals surface area contributed by atoms with E-state index in [1.807, 2.05) is 6.07 Å². The lowest BCUT2D eigenvalue weighted by molar-refractivity contribution is 0.586. The maximum Gasteiger partial charge on any atom is 0.250 e. The van der Waals surface area contributed by atoms with Gasteiger partial charge in [-0.1, -0.05) is 11.6 Å². The minimum Gasteiger partial charge on any atom is -0.262 e. The lowest BCUT2D eigenvalue weighted by Gasteiger charge is -1.97. The van der Waals surface area contributed by atoms with Crippen molar-refractivity contribution in [3.05, 3.63) is 48.1 Å². The van der Waals surface area contributed by atoms with Crippen molar-refractivity contribution in [2.24, 2.45) is 0 Å². The van der Waals surface area contributed by atoms with Crippen molar-refractivity contribution in [2.45, 2.75) is 0 Å². The summed E-state index contributed by atoms with van der Waals surface area (Å²) in [7, 11) is -3.42. The molecule has 0 saturated carbocycles. The van der Waals surface area contributed by atoms with Gasteiger partial charge in [0, 0.05) is 18.6 Å². The summed E-state index contributed by atoms with van der Waals surface area (Å²) in [5.41, 5.74) is 1.72. The van der Waals surface area contributed by atoms with Gasteiger partial charge in [0.05, 0.1) is 29.4 Å². The molecule has 0 atom stereocenters. The van der Waals surface area contributed by atoms with Crippen molar-refractivity contribution in [1.29, 1.82) is 0 Å². The van der Waals surface area contributed by atoms with Gasteiger partial charge in [0.15, 0.2) is 5.15 Å². The van der Waals surface area contributed by atoms with Crippen LogP contribution in [0.4, 0.5) is 0 Å². The van der Waals surface area contributed by atoms with Gasteiger partial charge in [0.1, 0.15) is 0 Å². The summed E-state index contributed by atoms with van der Waals surface area (Å²) in [6, 6.07) is 5.18. The fourth-order valence-electron chi connectivity index (χ4n) is 1.78. The van der Waals surface area contributed by atoms with E-state index in [9.17, 15) is 8.42 Å². The van der Waals surface area contributed by atoms with Gasteiger partial charge in [-0.15, -0.1) is 0 Å². The molecular weight excluding hydrogens is 314 g/mol. The molecule has 7 nitrogen and oxygen atoms in total. The van der Waals surface area contributed by atoms with Crippen LogP contribution in [0.2, 0.25) is 5.15 Å². The molecule has 0 unspecified atom stereocenters. The molecule has 108 valence electrons. The van der Waals surface area contributed by atoms with Gasteiger partial charge >= 0.3 is 0 Å². The molecule has 0 aliphatic carbocycles. The first-order valence-electron chi connectivity index (χ1n) is 5.87. The van der Waals surface area contributed by atoms with Gasteiger partial charge in [-0.3, -0.25) is 4.98 Å². The SMILES string of the molecule is CS(=O)(=O)n1ccc(-c2cn(-c3cccnc3)nc2Cl)n1. The molecule has 3 aromatic heterocycles. The second-order valence-electron chi connectivity index (χ2n) is 4.33. The van der Waals surface area contributed by atoms with Gasteiger partial charge in [0.2, 0.25) is 0 Å². The molecule has 3 aromatic rings. The van der Waals surface area contributed by atoms with E-state index in [0.717, 1.165) is 16.0 Å². The molecule has 9 heteroatoms. The number of aromatic nitrogens is 5. The molecule has 0 N–H and O–H groups in total. The van der Waals surface area contributed by atoms with E-state index < -0.39 is 10.0 Å². The molecule has 0 bridgehead atoms. The van der Waals surface area contributed by atoms with Crippen LogP contribution >= 0.6 is 11.6 Å². The molecule has 0 radical (unpaired) electrons. The Hall–Kier alpha value is -2.19. The van der Waals surface area contributed by atoms with E-state index in [1.165, 1.54) is 6.20 Å². The minimum atomic E-state index is -3.42. The fourth-order valence-corrected chi connectivity index (χ4v) is 2.53. The quantitative estimate of drug-likeness (QED) is 0.731. The first-order valence-corrected chi connectivity index (χ1v) is 8.10. The third-order valence-corrected chi connectivity index (χ3v) is 3.92. The van der Waals surface area contributed by atoms with Gasteiger partial charge in [-0.2, -0.15) is 14.3 Å². The minimum absolute atomic E-state index is 0.234. The van der Waals surface area contributed by atoms with Crippen LogP contribution in [0.1, 0.15) is 0 Å². The first kappa shape index (κ1) is 13.8. The fraction of sp³-hybridized carbons (Fsp3) is 0.0833. The van der Waals surface area contributed by atoms with Crippen LogP contribution in [0, 0.1) is 0 Å². The summed E-state index contributed by atoms with van der Waals surface area (Å²) in [4.78, 5) is 4.01. The van der Waals surface area contributed by atoms with E-state index in [0.29, 0.717) is 11.3 Å². The molecule has 0 saturated heterocycles. The average molecular weight is 324 g/mol. The highest BCUT2D eigenvalue weighted by Crippen LogP contribution is 2.26. The molecule has 0 fully saturated rings. The smallest absolute Gasteiger partial charge is 0.250 e. The Morgan fingerprint density at radius 2 is 2.05 bits per heavy atom. The van der Waals surface area contributed by atoms with Gasteiger partial charge in [0.25, 0.3) is 10.0 Å². The third kappa shape index (κ3) is 2.67. The van der Waals surface area contributed by atoms with E-state index >= 15 is 0 Å². The molecule has 21 heavy (non-hydrogen) atoms. The second-order valence-corrected chi connectivity index (χ2v) is 6.52. The zero-order valence-electron chi connectivity index (χ0n) is 10.9. The van der Waals surface area contributed by atoms with Crippen LogP contribution < -0.4 is 0 Å². The summed E-state index contributed by atoms with van der Waals surface area (Å²) >= 11 is 6.10. The van der Waals surface area contributed by atoms with Crippen molar-refractivity contribution in [3.63, 3.8) is 0 Å². The Bertz CT molecular complexity index is 886. The molecule has 3 heterocycles. The van der Waals surface area contributed by atoms with Gasteiger partial charge in [-0.25, -0.2) is 13.1 Å². The van der Waals surface area contributed by atoms with E-state index in [4.69, 9.17) is 11.6 Å². The van der Waals surface area contributed by atoms with Crippen molar-refractivity contribution in [2.75, 3.05) is 6.26 Å². The molecule has 0 spiro atoms. The summed E-state index contributed by atoms with van der Waals surface area (Å²) in [5.74, 6) is 0. The predicted octanol–water partition coefficient (Wildman–Crippen LogP) is 1.59. The van der Waals surface area contributed by atoms with Crippen LogP contribution in [0.5, 0.6) is 0 Å². The van der Waals surface area contributed by atoms with Crippen molar-refractivity contribution < 1.29 is 8.42 Å². The Balaban J connectivity index is 2.04. The Kier molecular flexibility index (Phi) is 3.26. The molecular formula is C12H10ClN5O2S. The lowest BCUT2D eigenvalue weighted by Crippen LogP contribution is -2.10. The number of halogens is 1. The highest BCUT2D eigenvalue weighted by Gasteiger charge is 2.15. The monoisotopic (exact) mass is 323 g/mol. The Morgan fingerprint density at radius 3 is 2.67 bits per heavy atom. The number of nitrogens with zero attached hydrogens (tertiary/aromatic N) is 5. The van der Waals surface area contributed by atoms with Crippen molar-refractivity contribution >= 4 is 21.6 Å². The van der Waals surface area contributed by atoms with Gasteiger partial charge in [-0.05, 0) is 18.2 Å². The van der Waals surface area contributed by atoms with Crippen LogP contribution in [0.3, 0.4) is 0 Å². The predicted molar refractivity (Wildman–Crippen MR) is 77.8 cm³/mol. The maximum absolute atomic E-state index is 11.4. The third-order valence-electron chi connectivity index (χ3n) is 2.76. The number of hydrogen-bond donors (Lipinski definition) is 0. The van der Waals surface area contributed by atoms with Crippen LogP contribution in [-0.4, -0.2) is 38.6 Å². The van der Waals surface area contributed by atoms with Crippen molar-refractivity contribution in [1.82, 2.24) is 24.0 Å². The Labute approximate surface area is 125 Å². The second kappa shape index (κ2) is 4.97. The molecule has 0 aliphatic rings. The number of hydrogen-bond acceptors (Lipinski definition) is 5. The zero-order valence-corrected chi connectivity index (χ0v) is 12.5. The van der Waals surface area contributed by atoms with E-state index in [1.54, 1.807) is 35.4 Å². The average Bonchev–Trinajstić information content (AvgIpc) is 3.05. The first-order chi connectivity index (χ1) is 9.95. The van der Waals surface area contributed by atoms with Crippen LogP contribution in [0.15, 0.2) is 43.0 Å². The zero-order chi connectivity index (χ0) is 15.0. The summed E-state index contributed by atoms with van der Waals surface area (Å²) < 4.78 is 25.3. The highest BCUT2D eigenvalue weighted by molar-refractivity contribution is 7.89. The summed E-state index contributed by atoms with van der Waals surface area (Å²) in [6.07, 6.45) is 7.41.